The fraction of sp³-hybridized carbons (Fsp3) is 0.0667. The van der Waals surface area contributed by atoms with Gasteiger partial charge >= 0.3 is 0 Å². The number of pyridine rings is 1. The van der Waals surface area contributed by atoms with Crippen LogP contribution in [0.5, 0.6) is 0 Å². The molecule has 5 heteroatoms. The van der Waals surface area contributed by atoms with E-state index in [1.807, 2.05) is 18.3 Å². The zero-order valence-electron chi connectivity index (χ0n) is 19.1. The molecule has 0 bridgehead atoms. The van der Waals surface area contributed by atoms with Gasteiger partial charge in [0.2, 0.25) is 0 Å². The van der Waals surface area contributed by atoms with Crippen molar-refractivity contribution in [3.63, 3.8) is 0 Å². The van der Waals surface area contributed by atoms with Gasteiger partial charge in [-0.3, -0.25) is 4.79 Å². The molecule has 1 aliphatic rings. The Morgan fingerprint density at radius 2 is 1.80 bits per heavy atom. The molecule has 0 saturated carbocycles. The molecule has 2 N–H and O–H groups in total. The van der Waals surface area contributed by atoms with E-state index < -0.39 is 0 Å². The Kier molecular flexibility index (Phi) is 4.20. The summed E-state index contributed by atoms with van der Waals surface area (Å²) in [6, 6.07) is 27.0. The lowest BCUT2D eigenvalue weighted by Gasteiger charge is -2.17. The minimum atomic E-state index is -0.226. The molecule has 3 aromatic carbocycles. The number of aryl methyl sites for hydroxylation is 1. The lowest BCUT2D eigenvalue weighted by molar-refractivity contribution is 0.0945. The van der Waals surface area contributed by atoms with Gasteiger partial charge in [-0.15, -0.1) is 0 Å². The molecule has 0 fully saturated rings. The Bertz CT molecular complexity index is 1770. The number of aromatic nitrogens is 3. The molecule has 3 heterocycles. The van der Waals surface area contributed by atoms with Crippen LogP contribution in [0.15, 0.2) is 97.5 Å². The Labute approximate surface area is 202 Å². The van der Waals surface area contributed by atoms with Gasteiger partial charge < -0.3 is 14.9 Å². The number of amides is 1. The zero-order valence-corrected chi connectivity index (χ0v) is 19.1. The van der Waals surface area contributed by atoms with Crippen molar-refractivity contribution in [2.45, 2.75) is 6.04 Å². The molecule has 1 aliphatic carbocycles. The number of carbonyl (C=O) groups is 1. The van der Waals surface area contributed by atoms with E-state index in [0.29, 0.717) is 11.2 Å². The van der Waals surface area contributed by atoms with Gasteiger partial charge in [0.15, 0.2) is 0 Å². The Hall–Kier alpha value is -4.64. The molecule has 0 radical (unpaired) electrons. The Balaban J connectivity index is 1.36. The third-order valence-corrected chi connectivity index (χ3v) is 7.13. The van der Waals surface area contributed by atoms with Crippen molar-refractivity contribution in [3.8, 4) is 22.3 Å². The first kappa shape index (κ1) is 19.8. The number of nitrogens with one attached hydrogen (secondary N) is 2. The second-order valence-corrected chi connectivity index (χ2v) is 9.06. The largest absolute Gasteiger partial charge is 0.351 e. The highest BCUT2D eigenvalue weighted by molar-refractivity contribution is 6.06. The van der Waals surface area contributed by atoms with E-state index >= 15 is 0 Å². The van der Waals surface area contributed by atoms with E-state index in [4.69, 9.17) is 0 Å². The van der Waals surface area contributed by atoms with Crippen molar-refractivity contribution >= 4 is 27.8 Å². The number of H-pyrrole nitrogens is 1. The maximum Gasteiger partial charge on any atom is 0.252 e. The monoisotopic (exact) mass is 454 g/mol. The standard InChI is InChI=1S/C30H22N4O/c1-34-16-13-19-17-18(9-10-26(19)34)20-7-4-8-25-27(20)21-5-2-3-6-22(21)28(25)33-30(35)24-12-15-32-29-23(24)11-14-31-29/h2-17,28H,1H3,(H,31,32)(H,33,35). The molecule has 168 valence electrons. The van der Waals surface area contributed by atoms with Crippen molar-refractivity contribution < 1.29 is 4.79 Å². The van der Waals surface area contributed by atoms with Gasteiger partial charge in [0.05, 0.1) is 11.6 Å². The van der Waals surface area contributed by atoms with Crippen LogP contribution in [0.4, 0.5) is 0 Å². The lowest BCUT2D eigenvalue weighted by Crippen LogP contribution is -2.28. The number of carbonyl (C=O) groups excluding carboxylic acids is 1. The summed E-state index contributed by atoms with van der Waals surface area (Å²) in [5.74, 6) is -0.110. The SMILES string of the molecule is Cn1ccc2cc(-c3cccc4c3-c3ccccc3C4NC(=O)c3ccnc4[nH]ccc34)ccc21. The molecule has 1 amide bonds. The van der Waals surface area contributed by atoms with Crippen LogP contribution in [-0.2, 0) is 7.05 Å². The molecule has 5 nitrogen and oxygen atoms in total. The summed E-state index contributed by atoms with van der Waals surface area (Å²) in [4.78, 5) is 20.9. The molecule has 6 aromatic rings. The van der Waals surface area contributed by atoms with Gasteiger partial charge in [-0.25, -0.2) is 4.98 Å². The molecular weight excluding hydrogens is 432 g/mol. The number of benzene rings is 3. The Morgan fingerprint density at radius 3 is 2.74 bits per heavy atom. The molecule has 0 saturated heterocycles. The summed E-state index contributed by atoms with van der Waals surface area (Å²) in [7, 11) is 2.07. The normalized spacial score (nSPS) is 14.3. The first-order valence-corrected chi connectivity index (χ1v) is 11.7. The van der Waals surface area contributed by atoms with Gasteiger partial charge in [-0.2, -0.15) is 0 Å². The molecule has 0 spiro atoms. The quantitative estimate of drug-likeness (QED) is 0.333. The van der Waals surface area contributed by atoms with Gasteiger partial charge in [0, 0.05) is 41.9 Å². The van der Waals surface area contributed by atoms with Crippen LogP contribution in [0.25, 0.3) is 44.2 Å². The van der Waals surface area contributed by atoms with Crippen molar-refractivity contribution in [3.05, 3.63) is 114 Å². The van der Waals surface area contributed by atoms with Gasteiger partial charge in [0.1, 0.15) is 5.65 Å². The fourth-order valence-electron chi connectivity index (χ4n) is 5.47. The maximum absolute atomic E-state index is 13.5. The maximum atomic E-state index is 13.5. The highest BCUT2D eigenvalue weighted by Crippen LogP contribution is 2.48. The molecule has 7 rings (SSSR count). The van der Waals surface area contributed by atoms with E-state index in [1.54, 1.807) is 12.3 Å². The van der Waals surface area contributed by atoms with Crippen molar-refractivity contribution in [2.75, 3.05) is 0 Å². The van der Waals surface area contributed by atoms with E-state index in [9.17, 15) is 4.79 Å². The summed E-state index contributed by atoms with van der Waals surface area (Å²) in [6.07, 6.45) is 5.57. The topological polar surface area (TPSA) is 62.7 Å². The lowest BCUT2D eigenvalue weighted by atomic mass is 9.93. The molecule has 35 heavy (non-hydrogen) atoms. The average molecular weight is 455 g/mol. The second-order valence-electron chi connectivity index (χ2n) is 9.06. The first-order valence-electron chi connectivity index (χ1n) is 11.7. The highest BCUT2D eigenvalue weighted by atomic mass is 16.1. The number of aromatic amines is 1. The number of fused-ring (bicyclic) bond motifs is 5. The van der Waals surface area contributed by atoms with Gasteiger partial charge in [-0.1, -0.05) is 48.5 Å². The van der Waals surface area contributed by atoms with E-state index in [1.165, 1.54) is 27.6 Å². The molecule has 3 aromatic heterocycles. The first-order chi connectivity index (χ1) is 17.2. The number of rotatable bonds is 3. The molecule has 0 aliphatic heterocycles. The van der Waals surface area contributed by atoms with Crippen LogP contribution in [0.2, 0.25) is 0 Å². The zero-order chi connectivity index (χ0) is 23.5. The minimum Gasteiger partial charge on any atom is -0.351 e. The van der Waals surface area contributed by atoms with Crippen molar-refractivity contribution in [1.82, 2.24) is 19.9 Å². The molecule has 1 atom stereocenters. The summed E-state index contributed by atoms with van der Waals surface area (Å²) < 4.78 is 2.13. The predicted octanol–water partition coefficient (Wildman–Crippen LogP) is 6.22. The van der Waals surface area contributed by atoms with Crippen molar-refractivity contribution in [1.29, 1.82) is 0 Å². The summed E-state index contributed by atoms with van der Waals surface area (Å²) in [6.45, 7) is 0. The molecular formula is C30H22N4O. The predicted molar refractivity (Wildman–Crippen MR) is 139 cm³/mol. The van der Waals surface area contributed by atoms with E-state index in [-0.39, 0.29) is 11.9 Å². The van der Waals surface area contributed by atoms with Crippen LogP contribution < -0.4 is 5.32 Å². The van der Waals surface area contributed by atoms with Crippen LogP contribution in [0.3, 0.4) is 0 Å². The van der Waals surface area contributed by atoms with E-state index in [0.717, 1.165) is 22.1 Å². The Morgan fingerprint density at radius 1 is 0.943 bits per heavy atom. The van der Waals surface area contributed by atoms with Crippen LogP contribution >= 0.6 is 0 Å². The number of hydrogen-bond acceptors (Lipinski definition) is 2. The van der Waals surface area contributed by atoms with Crippen LogP contribution in [0.1, 0.15) is 27.5 Å². The van der Waals surface area contributed by atoms with Crippen LogP contribution in [0, 0.1) is 0 Å². The average Bonchev–Trinajstić information content (AvgIpc) is 3.60. The highest BCUT2D eigenvalue weighted by Gasteiger charge is 2.32. The van der Waals surface area contributed by atoms with Gasteiger partial charge in [0.25, 0.3) is 5.91 Å². The van der Waals surface area contributed by atoms with Crippen LogP contribution in [-0.4, -0.2) is 20.4 Å². The fourth-order valence-corrected chi connectivity index (χ4v) is 5.47. The van der Waals surface area contributed by atoms with E-state index in [2.05, 4.69) is 93.8 Å². The minimum absolute atomic E-state index is 0.110. The van der Waals surface area contributed by atoms with Gasteiger partial charge in [-0.05, 0) is 63.7 Å². The smallest absolute Gasteiger partial charge is 0.252 e. The third kappa shape index (κ3) is 2.95. The molecule has 1 unspecified atom stereocenters. The number of hydrogen-bond donors (Lipinski definition) is 2. The number of nitrogens with zero attached hydrogens (tertiary/aromatic N) is 2. The summed E-state index contributed by atoms with van der Waals surface area (Å²) in [5, 5.41) is 5.35. The third-order valence-electron chi connectivity index (χ3n) is 7.13. The summed E-state index contributed by atoms with van der Waals surface area (Å²) >= 11 is 0. The van der Waals surface area contributed by atoms with Crippen molar-refractivity contribution in [2.24, 2.45) is 7.05 Å². The summed E-state index contributed by atoms with van der Waals surface area (Å²) in [5.41, 5.74) is 9.47. The second kappa shape index (κ2) is 7.43.